The number of aromatic amines is 1. The minimum atomic E-state index is -0.430. The third kappa shape index (κ3) is 2.94. The van der Waals surface area contributed by atoms with Crippen molar-refractivity contribution in [2.75, 3.05) is 25.0 Å². The van der Waals surface area contributed by atoms with Crippen LogP contribution >= 0.6 is 0 Å². The lowest BCUT2D eigenvalue weighted by Crippen LogP contribution is -2.33. The second kappa shape index (κ2) is 6.52. The highest BCUT2D eigenvalue weighted by atomic mass is 19.1. The van der Waals surface area contributed by atoms with Crippen molar-refractivity contribution in [2.45, 2.75) is 12.8 Å². The molecule has 0 bridgehead atoms. The molecule has 0 aliphatic carbocycles. The zero-order valence-corrected chi connectivity index (χ0v) is 13.2. The van der Waals surface area contributed by atoms with Crippen LogP contribution in [0.15, 0.2) is 30.7 Å². The topological polar surface area (TPSA) is 78.5 Å². The van der Waals surface area contributed by atoms with E-state index in [0.717, 1.165) is 42.5 Å². The van der Waals surface area contributed by atoms with Gasteiger partial charge in [-0.2, -0.15) is 0 Å². The van der Waals surface area contributed by atoms with Gasteiger partial charge in [0, 0.05) is 29.9 Å². The molecule has 4 heterocycles. The fourth-order valence-electron chi connectivity index (χ4n) is 3.10. The molecule has 0 amide bonds. The SMILES string of the molecule is Fc1cnc(-c2c[nH]c3ncccc23)nc1NCC1CCCNC1. The molecule has 1 aliphatic rings. The van der Waals surface area contributed by atoms with E-state index in [0.29, 0.717) is 18.3 Å². The first-order valence-electron chi connectivity index (χ1n) is 8.21. The second-order valence-electron chi connectivity index (χ2n) is 6.09. The van der Waals surface area contributed by atoms with E-state index in [-0.39, 0.29) is 5.82 Å². The first-order valence-corrected chi connectivity index (χ1v) is 8.21. The molecule has 6 nitrogen and oxygen atoms in total. The average Bonchev–Trinajstić information content (AvgIpc) is 3.06. The molecule has 124 valence electrons. The number of hydrogen-bond acceptors (Lipinski definition) is 5. The van der Waals surface area contributed by atoms with Crippen molar-refractivity contribution in [3.63, 3.8) is 0 Å². The zero-order chi connectivity index (χ0) is 16.4. The van der Waals surface area contributed by atoms with Gasteiger partial charge in [-0.3, -0.25) is 0 Å². The molecule has 4 rings (SSSR count). The van der Waals surface area contributed by atoms with E-state index in [1.54, 1.807) is 12.4 Å². The first-order chi connectivity index (χ1) is 11.8. The Morgan fingerprint density at radius 2 is 2.29 bits per heavy atom. The van der Waals surface area contributed by atoms with Crippen LogP contribution in [0.2, 0.25) is 0 Å². The zero-order valence-electron chi connectivity index (χ0n) is 13.2. The highest BCUT2D eigenvalue weighted by molar-refractivity contribution is 5.91. The van der Waals surface area contributed by atoms with Crippen LogP contribution in [-0.4, -0.2) is 39.6 Å². The maximum atomic E-state index is 14.1. The van der Waals surface area contributed by atoms with E-state index in [1.165, 1.54) is 6.20 Å². The summed E-state index contributed by atoms with van der Waals surface area (Å²) in [6, 6.07) is 3.81. The molecular weight excluding hydrogens is 307 g/mol. The minimum Gasteiger partial charge on any atom is -0.367 e. The monoisotopic (exact) mass is 326 g/mol. The summed E-state index contributed by atoms with van der Waals surface area (Å²) in [6.07, 6.45) is 7.05. The van der Waals surface area contributed by atoms with Gasteiger partial charge in [-0.1, -0.05) is 0 Å². The molecular formula is C17H19FN6. The molecule has 1 unspecified atom stereocenters. The summed E-state index contributed by atoms with van der Waals surface area (Å²) in [7, 11) is 0. The third-order valence-corrected chi connectivity index (χ3v) is 4.39. The number of H-pyrrole nitrogens is 1. The molecule has 0 aromatic carbocycles. The Balaban J connectivity index is 1.58. The smallest absolute Gasteiger partial charge is 0.183 e. The fourth-order valence-corrected chi connectivity index (χ4v) is 3.10. The summed E-state index contributed by atoms with van der Waals surface area (Å²) >= 11 is 0. The quantitative estimate of drug-likeness (QED) is 0.687. The van der Waals surface area contributed by atoms with E-state index >= 15 is 0 Å². The van der Waals surface area contributed by atoms with Crippen LogP contribution in [0.4, 0.5) is 10.2 Å². The number of hydrogen-bond donors (Lipinski definition) is 3. The summed E-state index contributed by atoms with van der Waals surface area (Å²) in [5.41, 5.74) is 1.59. The van der Waals surface area contributed by atoms with Gasteiger partial charge in [-0.05, 0) is 44.0 Å². The summed E-state index contributed by atoms with van der Waals surface area (Å²) in [5, 5.41) is 7.43. The van der Waals surface area contributed by atoms with Crippen molar-refractivity contribution in [1.82, 2.24) is 25.3 Å². The Labute approximate surface area is 138 Å². The van der Waals surface area contributed by atoms with Crippen molar-refractivity contribution in [3.05, 3.63) is 36.5 Å². The molecule has 24 heavy (non-hydrogen) atoms. The number of rotatable bonds is 4. The van der Waals surface area contributed by atoms with Gasteiger partial charge >= 0.3 is 0 Å². The Hall–Kier alpha value is -2.54. The number of pyridine rings is 1. The number of nitrogens with zero attached hydrogens (tertiary/aromatic N) is 3. The van der Waals surface area contributed by atoms with Crippen molar-refractivity contribution in [1.29, 1.82) is 0 Å². The molecule has 3 aromatic rings. The number of aromatic nitrogens is 4. The number of piperidine rings is 1. The van der Waals surface area contributed by atoms with Gasteiger partial charge in [0.1, 0.15) is 5.65 Å². The van der Waals surface area contributed by atoms with Gasteiger partial charge in [0.05, 0.1) is 6.20 Å². The number of halogens is 1. The molecule has 1 fully saturated rings. The van der Waals surface area contributed by atoms with E-state index in [9.17, 15) is 4.39 Å². The Kier molecular flexibility index (Phi) is 4.08. The summed E-state index contributed by atoms with van der Waals surface area (Å²) < 4.78 is 14.1. The van der Waals surface area contributed by atoms with Crippen molar-refractivity contribution < 1.29 is 4.39 Å². The van der Waals surface area contributed by atoms with Crippen LogP contribution in [0, 0.1) is 11.7 Å². The number of nitrogens with one attached hydrogen (secondary N) is 3. The largest absolute Gasteiger partial charge is 0.367 e. The highest BCUT2D eigenvalue weighted by Gasteiger charge is 2.16. The van der Waals surface area contributed by atoms with Crippen molar-refractivity contribution in [2.24, 2.45) is 5.92 Å². The Bertz CT molecular complexity index is 840. The second-order valence-corrected chi connectivity index (χ2v) is 6.09. The van der Waals surface area contributed by atoms with Crippen LogP contribution in [0.1, 0.15) is 12.8 Å². The molecule has 7 heteroatoms. The predicted molar refractivity (Wildman–Crippen MR) is 91.2 cm³/mol. The fraction of sp³-hybridized carbons (Fsp3) is 0.353. The lowest BCUT2D eigenvalue weighted by molar-refractivity contribution is 0.392. The molecule has 0 spiro atoms. The van der Waals surface area contributed by atoms with Crippen LogP contribution in [0.5, 0.6) is 0 Å². The molecule has 1 aliphatic heterocycles. The molecule has 1 atom stereocenters. The minimum absolute atomic E-state index is 0.254. The molecule has 3 aromatic heterocycles. The van der Waals surface area contributed by atoms with E-state index in [2.05, 4.69) is 30.6 Å². The third-order valence-electron chi connectivity index (χ3n) is 4.39. The van der Waals surface area contributed by atoms with Crippen LogP contribution in [0.3, 0.4) is 0 Å². The first kappa shape index (κ1) is 15.0. The van der Waals surface area contributed by atoms with E-state index < -0.39 is 5.82 Å². The summed E-state index contributed by atoms with van der Waals surface area (Å²) in [4.78, 5) is 15.9. The molecule has 0 radical (unpaired) electrons. The molecule has 1 saturated heterocycles. The Morgan fingerprint density at radius 1 is 1.33 bits per heavy atom. The van der Waals surface area contributed by atoms with Crippen LogP contribution in [0.25, 0.3) is 22.4 Å². The van der Waals surface area contributed by atoms with Gasteiger partial charge in [-0.25, -0.2) is 19.3 Å². The summed E-state index contributed by atoms with van der Waals surface area (Å²) in [5.74, 6) is 0.804. The maximum absolute atomic E-state index is 14.1. The predicted octanol–water partition coefficient (Wildman–Crippen LogP) is 2.57. The normalized spacial score (nSPS) is 18.0. The molecule has 0 saturated carbocycles. The van der Waals surface area contributed by atoms with Crippen molar-refractivity contribution in [3.8, 4) is 11.4 Å². The Morgan fingerprint density at radius 3 is 3.17 bits per heavy atom. The van der Waals surface area contributed by atoms with E-state index in [1.807, 2.05) is 12.1 Å². The summed E-state index contributed by atoms with van der Waals surface area (Å²) in [6.45, 7) is 2.73. The van der Waals surface area contributed by atoms with Crippen LogP contribution in [-0.2, 0) is 0 Å². The standard InChI is InChI=1S/C17H19FN6/c18-14-10-23-16(13-9-22-15-12(13)4-2-6-20-15)24-17(14)21-8-11-3-1-5-19-7-11/h2,4,6,9-11,19H,1,3,5,7-8H2,(H,20,22)(H,21,23,24). The van der Waals surface area contributed by atoms with Gasteiger partial charge in [0.2, 0.25) is 0 Å². The van der Waals surface area contributed by atoms with Gasteiger partial charge < -0.3 is 15.6 Å². The number of anilines is 1. The average molecular weight is 326 g/mol. The van der Waals surface area contributed by atoms with Gasteiger partial charge in [-0.15, -0.1) is 0 Å². The number of fused-ring (bicyclic) bond motifs is 1. The maximum Gasteiger partial charge on any atom is 0.183 e. The van der Waals surface area contributed by atoms with Crippen molar-refractivity contribution >= 4 is 16.9 Å². The van der Waals surface area contributed by atoms with Gasteiger partial charge in [0.25, 0.3) is 0 Å². The lowest BCUT2D eigenvalue weighted by atomic mass is 10.00. The van der Waals surface area contributed by atoms with Crippen LogP contribution < -0.4 is 10.6 Å². The lowest BCUT2D eigenvalue weighted by Gasteiger charge is -2.23. The van der Waals surface area contributed by atoms with Gasteiger partial charge in [0.15, 0.2) is 17.5 Å². The van der Waals surface area contributed by atoms with E-state index in [4.69, 9.17) is 0 Å². The molecule has 3 N–H and O–H groups in total. The highest BCUT2D eigenvalue weighted by Crippen LogP contribution is 2.26.